The number of quaternary nitrogens is 1. The number of hydrogen-bond donors (Lipinski definition) is 4. The highest BCUT2D eigenvalue weighted by Gasteiger charge is 2.17. The van der Waals surface area contributed by atoms with Gasteiger partial charge in [-0.05, 0) is 30.4 Å². The molecule has 0 fully saturated rings. The molecule has 8 nitrogen and oxygen atoms in total. The van der Waals surface area contributed by atoms with Crippen molar-refractivity contribution in [1.29, 1.82) is 0 Å². The summed E-state index contributed by atoms with van der Waals surface area (Å²) in [4.78, 5) is 12.9. The maximum Gasteiger partial charge on any atom is 0.244 e. The van der Waals surface area contributed by atoms with E-state index in [-0.39, 0.29) is 15.9 Å². The van der Waals surface area contributed by atoms with Gasteiger partial charge in [0, 0.05) is 19.8 Å². The molecule has 4 N–H and O–H groups in total. The van der Waals surface area contributed by atoms with Crippen molar-refractivity contribution >= 4 is 38.9 Å². The van der Waals surface area contributed by atoms with Crippen LogP contribution in [-0.4, -0.2) is 58.5 Å². The Kier molecular flexibility index (Phi) is 7.55. The van der Waals surface area contributed by atoms with Gasteiger partial charge >= 0.3 is 0 Å². The highest BCUT2D eigenvalue weighted by Crippen LogP contribution is 2.17. The molecule has 1 amide bonds. The Morgan fingerprint density at radius 3 is 2.50 bits per heavy atom. The van der Waals surface area contributed by atoms with Crippen LogP contribution >= 0.6 is 12.2 Å². The summed E-state index contributed by atoms with van der Waals surface area (Å²) in [5.74, 6) is -0.177. The van der Waals surface area contributed by atoms with Gasteiger partial charge in [0.1, 0.15) is 0 Å². The monoisotopic (exact) mass is 374 g/mol. The van der Waals surface area contributed by atoms with E-state index in [2.05, 4.69) is 16.2 Å². The Balaban J connectivity index is 2.61. The molecule has 134 valence electrons. The summed E-state index contributed by atoms with van der Waals surface area (Å²) in [7, 11) is 3.33. The minimum Gasteiger partial charge on any atom is -0.339 e. The number of anilines is 1. The second kappa shape index (κ2) is 8.92. The number of carbonyl (C=O) groups is 1. The van der Waals surface area contributed by atoms with Gasteiger partial charge < -0.3 is 10.2 Å². The number of sulfonamides is 1. The van der Waals surface area contributed by atoms with E-state index in [1.54, 1.807) is 12.1 Å². The summed E-state index contributed by atoms with van der Waals surface area (Å²) in [5.41, 5.74) is 5.58. The molecule has 0 aliphatic rings. The molecular formula is C14H24N5O3S2+. The molecule has 0 saturated carbocycles. The SMILES string of the molecule is CN(C)S(=O)(=O)c1cccc(NC(=S)NNC(=O)CC[NH+](C)C)c1. The van der Waals surface area contributed by atoms with E-state index >= 15 is 0 Å². The Hall–Kier alpha value is -1.75. The van der Waals surface area contributed by atoms with E-state index in [1.807, 2.05) is 14.1 Å². The van der Waals surface area contributed by atoms with Crippen LogP contribution in [0.25, 0.3) is 0 Å². The molecule has 0 saturated heterocycles. The number of benzene rings is 1. The zero-order valence-corrected chi connectivity index (χ0v) is 15.8. The molecule has 0 heterocycles. The topological polar surface area (TPSA) is 95.0 Å². The van der Waals surface area contributed by atoms with Crippen LogP contribution in [0.4, 0.5) is 5.69 Å². The summed E-state index contributed by atoms with van der Waals surface area (Å²) >= 11 is 5.08. The molecule has 24 heavy (non-hydrogen) atoms. The van der Waals surface area contributed by atoms with Gasteiger partial charge in [-0.25, -0.2) is 12.7 Å². The zero-order chi connectivity index (χ0) is 18.3. The fourth-order valence-electron chi connectivity index (χ4n) is 1.66. The third-order valence-electron chi connectivity index (χ3n) is 3.04. The summed E-state index contributed by atoms with van der Waals surface area (Å²) in [6.07, 6.45) is 0.370. The lowest BCUT2D eigenvalue weighted by atomic mass is 10.3. The van der Waals surface area contributed by atoms with Gasteiger partial charge in [0.15, 0.2) is 5.11 Å². The lowest BCUT2D eigenvalue weighted by Gasteiger charge is -2.14. The van der Waals surface area contributed by atoms with Gasteiger partial charge in [-0.3, -0.25) is 15.6 Å². The van der Waals surface area contributed by atoms with E-state index < -0.39 is 10.0 Å². The number of hydrazine groups is 1. The fraction of sp³-hybridized carbons (Fsp3) is 0.429. The normalized spacial score (nSPS) is 11.4. The van der Waals surface area contributed by atoms with Crippen molar-refractivity contribution in [3.63, 3.8) is 0 Å². The Labute approximate surface area is 148 Å². The highest BCUT2D eigenvalue weighted by atomic mass is 32.2. The molecule has 0 unspecified atom stereocenters. The Morgan fingerprint density at radius 1 is 1.25 bits per heavy atom. The van der Waals surface area contributed by atoms with Crippen molar-refractivity contribution in [3.8, 4) is 0 Å². The van der Waals surface area contributed by atoms with Crippen LogP contribution in [0.5, 0.6) is 0 Å². The summed E-state index contributed by atoms with van der Waals surface area (Å²) in [5, 5.41) is 3.00. The molecule has 0 aliphatic heterocycles. The van der Waals surface area contributed by atoms with Crippen LogP contribution in [0.3, 0.4) is 0 Å². The van der Waals surface area contributed by atoms with Gasteiger partial charge in [-0.15, -0.1) is 0 Å². The number of hydrogen-bond acceptors (Lipinski definition) is 4. The molecule has 0 bridgehead atoms. The number of rotatable bonds is 6. The standard InChI is InChI=1S/C14H23N5O3S2/c1-18(2)9-8-13(20)16-17-14(23)15-11-6-5-7-12(10-11)24(21,22)19(3)4/h5-7,10H,8-9H2,1-4H3,(H,16,20)(H2,15,17,23)/p+1. The quantitative estimate of drug-likeness (QED) is 0.369. The van der Waals surface area contributed by atoms with Gasteiger partial charge in [-0.1, -0.05) is 6.07 Å². The second-order valence-electron chi connectivity index (χ2n) is 5.65. The van der Waals surface area contributed by atoms with Gasteiger partial charge in [-0.2, -0.15) is 0 Å². The van der Waals surface area contributed by atoms with Gasteiger partial charge in [0.2, 0.25) is 15.9 Å². The van der Waals surface area contributed by atoms with Crippen LogP contribution in [0, 0.1) is 0 Å². The number of nitrogens with one attached hydrogen (secondary N) is 4. The van der Waals surface area contributed by atoms with Crippen LogP contribution in [-0.2, 0) is 14.8 Å². The predicted molar refractivity (Wildman–Crippen MR) is 97.1 cm³/mol. The number of carbonyl (C=O) groups excluding carboxylic acids is 1. The molecule has 1 rings (SSSR count). The minimum absolute atomic E-state index is 0.151. The molecule has 1 aromatic carbocycles. The first kappa shape index (κ1) is 20.3. The highest BCUT2D eigenvalue weighted by molar-refractivity contribution is 7.89. The molecule has 10 heteroatoms. The largest absolute Gasteiger partial charge is 0.339 e. The maximum absolute atomic E-state index is 12.1. The minimum atomic E-state index is -3.52. The van der Waals surface area contributed by atoms with Crippen LogP contribution < -0.4 is 21.1 Å². The third-order valence-corrected chi connectivity index (χ3v) is 5.05. The summed E-state index contributed by atoms with van der Waals surface area (Å²) < 4.78 is 25.3. The van der Waals surface area contributed by atoms with E-state index in [0.717, 1.165) is 4.31 Å². The molecule has 0 spiro atoms. The lowest BCUT2D eigenvalue weighted by molar-refractivity contribution is -0.857. The van der Waals surface area contributed by atoms with Crippen molar-refractivity contribution in [1.82, 2.24) is 15.2 Å². The summed E-state index contributed by atoms with van der Waals surface area (Å²) in [6, 6.07) is 6.27. The van der Waals surface area contributed by atoms with Crippen LogP contribution in [0.2, 0.25) is 0 Å². The summed E-state index contributed by atoms with van der Waals surface area (Å²) in [6.45, 7) is 0.706. The Morgan fingerprint density at radius 2 is 1.92 bits per heavy atom. The maximum atomic E-state index is 12.1. The first-order valence-electron chi connectivity index (χ1n) is 7.30. The smallest absolute Gasteiger partial charge is 0.244 e. The molecule has 1 aromatic rings. The van der Waals surface area contributed by atoms with E-state index in [9.17, 15) is 13.2 Å². The van der Waals surface area contributed by atoms with Crippen LogP contribution in [0.15, 0.2) is 29.2 Å². The van der Waals surface area contributed by atoms with E-state index in [0.29, 0.717) is 18.7 Å². The number of nitrogens with zero attached hydrogens (tertiary/aromatic N) is 1. The zero-order valence-electron chi connectivity index (χ0n) is 14.2. The van der Waals surface area contributed by atoms with Crippen molar-refractivity contribution in [2.45, 2.75) is 11.3 Å². The Bertz CT molecular complexity index is 689. The first-order valence-corrected chi connectivity index (χ1v) is 9.15. The van der Waals surface area contributed by atoms with E-state index in [4.69, 9.17) is 12.2 Å². The van der Waals surface area contributed by atoms with Gasteiger partial charge in [0.05, 0.1) is 32.0 Å². The molecular weight excluding hydrogens is 350 g/mol. The molecule has 0 aromatic heterocycles. The molecule has 0 aliphatic carbocycles. The number of amides is 1. The average Bonchev–Trinajstić information content (AvgIpc) is 2.51. The number of thiocarbonyl (C=S) groups is 1. The van der Waals surface area contributed by atoms with Crippen LogP contribution in [0.1, 0.15) is 6.42 Å². The van der Waals surface area contributed by atoms with Crippen molar-refractivity contribution < 1.29 is 18.1 Å². The van der Waals surface area contributed by atoms with Crippen molar-refractivity contribution in [3.05, 3.63) is 24.3 Å². The second-order valence-corrected chi connectivity index (χ2v) is 8.21. The van der Waals surface area contributed by atoms with Gasteiger partial charge in [0.25, 0.3) is 0 Å². The van der Waals surface area contributed by atoms with Crippen molar-refractivity contribution in [2.24, 2.45) is 0 Å². The lowest BCUT2D eigenvalue weighted by Crippen LogP contribution is -3.05. The van der Waals surface area contributed by atoms with Crippen molar-refractivity contribution in [2.75, 3.05) is 40.1 Å². The first-order chi connectivity index (χ1) is 11.1. The van der Waals surface area contributed by atoms with E-state index in [1.165, 1.54) is 31.1 Å². The predicted octanol–water partition coefficient (Wildman–Crippen LogP) is -1.21. The molecule has 0 atom stereocenters. The third kappa shape index (κ3) is 6.40. The average molecular weight is 375 g/mol. The fourth-order valence-corrected chi connectivity index (χ4v) is 2.78. The molecule has 0 radical (unpaired) electrons.